The maximum Gasteiger partial charge on any atom is 0.306 e. The number of halogens is 2. The number of aliphatic hydroxyl groups is 2. The molecular weight excluding hydrogens is 467 g/mol. The number of alkyl halides is 2. The number of hydrogen-bond acceptors (Lipinski definition) is 6. The Labute approximate surface area is 204 Å². The molecule has 0 aromatic heterocycles. The van der Waals surface area contributed by atoms with Gasteiger partial charge in [0.1, 0.15) is 6.61 Å². The maximum absolute atomic E-state index is 13.3. The molecule has 0 spiro atoms. The maximum atomic E-state index is 13.3. The highest BCUT2D eigenvalue weighted by Crippen LogP contribution is 2.72. The van der Waals surface area contributed by atoms with E-state index in [4.69, 9.17) is 27.9 Å². The van der Waals surface area contributed by atoms with Gasteiger partial charge in [-0.25, -0.2) is 0 Å². The number of fused-ring (bicyclic) bond motifs is 5. The average molecular weight is 499 g/mol. The van der Waals surface area contributed by atoms with Crippen molar-refractivity contribution in [2.45, 2.75) is 75.3 Å². The number of ketones is 2. The van der Waals surface area contributed by atoms with Crippen molar-refractivity contribution < 1.29 is 29.3 Å². The van der Waals surface area contributed by atoms with Crippen LogP contribution in [0.5, 0.6) is 0 Å². The van der Waals surface area contributed by atoms with Gasteiger partial charge in [0, 0.05) is 23.2 Å². The van der Waals surface area contributed by atoms with E-state index in [-0.39, 0.29) is 36.4 Å². The number of carbonyl (C=O) groups is 3. The highest BCUT2D eigenvalue weighted by molar-refractivity contribution is 6.28. The Balaban J connectivity index is 1.88. The minimum Gasteiger partial charge on any atom is -0.450 e. The van der Waals surface area contributed by atoms with E-state index in [2.05, 4.69) is 0 Å². The molecule has 9 unspecified atom stereocenters. The smallest absolute Gasteiger partial charge is 0.306 e. The molecule has 4 aliphatic carbocycles. The predicted octanol–water partition coefficient (Wildman–Crippen LogP) is 3.34. The number of hydrogen-bond donors (Lipinski definition) is 2. The van der Waals surface area contributed by atoms with Crippen LogP contribution < -0.4 is 0 Å². The van der Waals surface area contributed by atoms with Crippen LogP contribution in [0.2, 0.25) is 0 Å². The molecule has 3 saturated carbocycles. The molecule has 0 aromatic carbocycles. The third-order valence-electron chi connectivity index (χ3n) is 9.29. The number of allylic oxidation sites excluding steroid dienone is 4. The number of esters is 1. The van der Waals surface area contributed by atoms with Crippen molar-refractivity contribution in [1.82, 2.24) is 0 Å². The van der Waals surface area contributed by atoms with E-state index in [0.717, 1.165) is 0 Å². The van der Waals surface area contributed by atoms with E-state index < -0.39 is 51.1 Å². The number of Topliss-reactive ketones (excluding diaryl/α,β-unsaturated/α-hetero) is 1. The van der Waals surface area contributed by atoms with Crippen LogP contribution in [0.4, 0.5) is 0 Å². The molecule has 4 aliphatic rings. The van der Waals surface area contributed by atoms with Crippen LogP contribution in [0.25, 0.3) is 0 Å². The Hall–Kier alpha value is -1.21. The van der Waals surface area contributed by atoms with Crippen molar-refractivity contribution in [3.05, 3.63) is 23.8 Å². The van der Waals surface area contributed by atoms with Gasteiger partial charge in [-0.05, 0) is 48.8 Å². The van der Waals surface area contributed by atoms with Crippen LogP contribution in [0, 0.1) is 28.6 Å². The predicted molar refractivity (Wildman–Crippen MR) is 124 cm³/mol. The van der Waals surface area contributed by atoms with Gasteiger partial charge >= 0.3 is 5.97 Å². The molecule has 8 heteroatoms. The van der Waals surface area contributed by atoms with Gasteiger partial charge in [-0.2, -0.15) is 0 Å². The number of rotatable bonds is 4. The minimum atomic E-state index is -1.56. The second kappa shape index (κ2) is 7.91. The Morgan fingerprint density at radius 1 is 1.24 bits per heavy atom. The van der Waals surface area contributed by atoms with Gasteiger partial charge in [0.25, 0.3) is 0 Å². The summed E-state index contributed by atoms with van der Waals surface area (Å²) in [7, 11) is 0. The first-order valence-corrected chi connectivity index (χ1v) is 12.5. The molecule has 0 amide bonds. The molecule has 0 heterocycles. The zero-order chi connectivity index (χ0) is 24.6. The Morgan fingerprint density at radius 2 is 1.91 bits per heavy atom. The lowest BCUT2D eigenvalue weighted by Crippen LogP contribution is -2.70. The van der Waals surface area contributed by atoms with Crippen LogP contribution in [0.15, 0.2) is 23.8 Å². The number of aliphatic hydroxyl groups excluding tert-OH is 2. The third kappa shape index (κ3) is 2.96. The quantitative estimate of drug-likeness (QED) is 0.455. The Morgan fingerprint density at radius 3 is 2.52 bits per heavy atom. The molecule has 33 heavy (non-hydrogen) atoms. The van der Waals surface area contributed by atoms with Crippen LogP contribution in [-0.2, 0) is 19.1 Å². The Kier molecular flexibility index (Phi) is 5.97. The van der Waals surface area contributed by atoms with E-state index in [1.54, 1.807) is 13.0 Å². The second-order valence-corrected chi connectivity index (χ2v) is 11.8. The SMILES string of the molecule is CCC(=O)OC1(C(=O)CO)C(C)CC2C3CC(Cl)C4=CC(=O)C=CC4(C)C3(Cl)C(O)CC21C. The van der Waals surface area contributed by atoms with Gasteiger partial charge in [0.05, 0.1) is 16.4 Å². The Bertz CT molecular complexity index is 961. The first-order valence-electron chi connectivity index (χ1n) is 11.7. The molecule has 182 valence electrons. The summed E-state index contributed by atoms with van der Waals surface area (Å²) in [6, 6.07) is 0. The molecule has 0 bridgehead atoms. The minimum absolute atomic E-state index is 0.0914. The fraction of sp³-hybridized carbons (Fsp3) is 0.720. The summed E-state index contributed by atoms with van der Waals surface area (Å²) in [4.78, 5) is 36.7. The van der Waals surface area contributed by atoms with Crippen molar-refractivity contribution in [3.63, 3.8) is 0 Å². The van der Waals surface area contributed by atoms with Crippen molar-refractivity contribution in [1.29, 1.82) is 0 Å². The van der Waals surface area contributed by atoms with Gasteiger partial charge in [0.2, 0.25) is 5.78 Å². The van der Waals surface area contributed by atoms with Gasteiger partial charge < -0.3 is 14.9 Å². The lowest BCUT2D eigenvalue weighted by Gasteiger charge is -2.64. The molecule has 6 nitrogen and oxygen atoms in total. The van der Waals surface area contributed by atoms with Crippen molar-refractivity contribution in [2.24, 2.45) is 28.6 Å². The molecule has 0 radical (unpaired) electrons. The highest BCUT2D eigenvalue weighted by Gasteiger charge is 2.76. The normalized spacial score (nSPS) is 48.4. The van der Waals surface area contributed by atoms with Crippen molar-refractivity contribution >= 4 is 40.7 Å². The van der Waals surface area contributed by atoms with Gasteiger partial charge in [0.15, 0.2) is 11.4 Å². The highest BCUT2D eigenvalue weighted by atomic mass is 35.5. The fourth-order valence-corrected chi connectivity index (χ4v) is 8.73. The fourth-order valence-electron chi connectivity index (χ4n) is 7.76. The van der Waals surface area contributed by atoms with Gasteiger partial charge in [-0.3, -0.25) is 14.4 Å². The van der Waals surface area contributed by atoms with E-state index in [0.29, 0.717) is 18.4 Å². The lowest BCUT2D eigenvalue weighted by molar-refractivity contribution is -0.202. The van der Waals surface area contributed by atoms with E-state index in [1.165, 1.54) is 12.2 Å². The van der Waals surface area contributed by atoms with Crippen LogP contribution in [0.3, 0.4) is 0 Å². The summed E-state index contributed by atoms with van der Waals surface area (Å²) < 4.78 is 5.91. The van der Waals surface area contributed by atoms with Gasteiger partial charge in [-0.15, -0.1) is 23.2 Å². The van der Waals surface area contributed by atoms with E-state index in [9.17, 15) is 24.6 Å². The van der Waals surface area contributed by atoms with Crippen LogP contribution >= 0.6 is 23.2 Å². The standard InChI is InChI=1S/C25H32Cl2O6/c1-5-21(32)33-25(20(31)12-28)13(2)8-15-16-10-18(26)17-9-14(29)6-7-22(17,3)24(16,27)19(30)11-23(15,25)4/h6-7,9,13,15-16,18-19,28,30H,5,8,10-12H2,1-4H3. The summed E-state index contributed by atoms with van der Waals surface area (Å²) in [6.45, 7) is 6.53. The average Bonchev–Trinajstić information content (AvgIpc) is 2.98. The summed E-state index contributed by atoms with van der Waals surface area (Å²) >= 11 is 14.2. The molecule has 4 rings (SSSR count). The zero-order valence-electron chi connectivity index (χ0n) is 19.4. The first kappa shape index (κ1) is 24.9. The summed E-state index contributed by atoms with van der Waals surface area (Å²) in [5, 5.41) is 21.1. The summed E-state index contributed by atoms with van der Waals surface area (Å²) in [6.07, 6.45) is 4.84. The number of ether oxygens (including phenoxy) is 1. The topological polar surface area (TPSA) is 101 Å². The lowest BCUT2D eigenvalue weighted by atomic mass is 9.45. The molecule has 2 N–H and O–H groups in total. The molecule has 0 saturated heterocycles. The van der Waals surface area contributed by atoms with E-state index >= 15 is 0 Å². The van der Waals surface area contributed by atoms with Gasteiger partial charge in [-0.1, -0.05) is 33.8 Å². The van der Waals surface area contributed by atoms with Crippen molar-refractivity contribution in [3.8, 4) is 0 Å². The zero-order valence-corrected chi connectivity index (χ0v) is 20.9. The first-order chi connectivity index (χ1) is 15.3. The third-order valence-corrected chi connectivity index (χ3v) is 10.6. The summed E-state index contributed by atoms with van der Waals surface area (Å²) in [5.41, 5.74) is -2.65. The van der Waals surface area contributed by atoms with E-state index in [1.807, 2.05) is 20.8 Å². The monoisotopic (exact) mass is 498 g/mol. The van der Waals surface area contributed by atoms with Crippen molar-refractivity contribution in [2.75, 3.05) is 6.61 Å². The van der Waals surface area contributed by atoms with Crippen LogP contribution in [-0.4, -0.2) is 56.3 Å². The molecule has 3 fully saturated rings. The molecular formula is C25H32Cl2O6. The second-order valence-electron chi connectivity index (χ2n) is 10.6. The van der Waals surface area contributed by atoms with Crippen LogP contribution in [0.1, 0.15) is 53.4 Å². The largest absolute Gasteiger partial charge is 0.450 e. The molecule has 0 aliphatic heterocycles. The number of carbonyl (C=O) groups excluding carboxylic acids is 3. The summed E-state index contributed by atoms with van der Waals surface area (Å²) in [5.74, 6) is -2.12. The molecule has 9 atom stereocenters. The molecule has 0 aromatic rings.